The summed E-state index contributed by atoms with van der Waals surface area (Å²) in [6, 6.07) is -1.86. The van der Waals surface area contributed by atoms with Gasteiger partial charge in [-0.05, 0) is 0 Å². The third-order valence-corrected chi connectivity index (χ3v) is 1.20. The van der Waals surface area contributed by atoms with Gasteiger partial charge < -0.3 is 26.5 Å². The van der Waals surface area contributed by atoms with Crippen molar-refractivity contribution in [2.75, 3.05) is 6.61 Å². The molecule has 0 saturated carbocycles. The maximum atomic E-state index is 9.94. The molecule has 0 aromatic rings. The van der Waals surface area contributed by atoms with E-state index in [1.807, 2.05) is 0 Å². The van der Waals surface area contributed by atoms with E-state index in [-0.39, 0.29) is 6.61 Å². The van der Waals surface area contributed by atoms with E-state index in [4.69, 9.17) is 21.7 Å². The number of hydrogen-bond acceptors (Lipinski definition) is 5. The maximum absolute atomic E-state index is 9.94. The van der Waals surface area contributed by atoms with Crippen molar-refractivity contribution in [3.63, 3.8) is 0 Å². The van der Waals surface area contributed by atoms with Gasteiger partial charge in [-0.15, -0.1) is 0 Å². The van der Waals surface area contributed by atoms with Crippen LogP contribution in [0.2, 0.25) is 0 Å². The molecule has 3 atom stereocenters. The summed E-state index contributed by atoms with van der Waals surface area (Å²) in [4.78, 5) is 9.94. The number of aliphatic hydroxyl groups excluding tert-OH is 2. The van der Waals surface area contributed by atoms with Gasteiger partial charge in [0.25, 0.3) is 0 Å². The van der Waals surface area contributed by atoms with E-state index in [0.717, 1.165) is 0 Å². The molecule has 0 rings (SSSR count). The molecule has 0 aromatic carbocycles. The molecule has 5 heteroatoms. The van der Waals surface area contributed by atoms with Gasteiger partial charge in [-0.3, -0.25) is 0 Å². The normalized spacial score (nSPS) is 19.6. The Kier molecular flexibility index (Phi) is 4.13. The van der Waals surface area contributed by atoms with E-state index in [1.54, 1.807) is 0 Å². The molecule has 0 unspecified atom stereocenters. The van der Waals surface area contributed by atoms with Gasteiger partial charge in [-0.1, -0.05) is 0 Å². The van der Waals surface area contributed by atoms with Gasteiger partial charge in [-0.25, -0.2) is 0 Å². The van der Waals surface area contributed by atoms with Crippen LogP contribution in [0, 0.1) is 0 Å². The number of aldehydes is 1. The number of carbonyl (C=O) groups is 1. The third kappa shape index (κ3) is 2.40. The van der Waals surface area contributed by atoms with Crippen molar-refractivity contribution in [1.29, 1.82) is 0 Å². The minimum absolute atomic E-state index is 0.386. The van der Waals surface area contributed by atoms with Crippen LogP contribution in [0.25, 0.3) is 0 Å². The standard InChI is InChI=1S/C5H12N2O3/c6-3(1-8)5(10)4(7)2-9/h1,3-5,9-10H,2,6-7H2/t3-,4+,5-/m1/s1. The van der Waals surface area contributed by atoms with Crippen molar-refractivity contribution >= 4 is 6.29 Å². The topological polar surface area (TPSA) is 110 Å². The zero-order valence-electron chi connectivity index (χ0n) is 5.47. The highest BCUT2D eigenvalue weighted by molar-refractivity contribution is 5.58. The first-order valence-corrected chi connectivity index (χ1v) is 2.89. The Hall–Kier alpha value is -0.490. The van der Waals surface area contributed by atoms with E-state index < -0.39 is 18.2 Å². The molecule has 0 aliphatic carbocycles. The fourth-order valence-corrected chi connectivity index (χ4v) is 0.474. The van der Waals surface area contributed by atoms with E-state index in [2.05, 4.69) is 0 Å². The molecule has 0 saturated heterocycles. The minimum atomic E-state index is -1.16. The van der Waals surface area contributed by atoms with Crippen LogP contribution in [0.5, 0.6) is 0 Å². The third-order valence-electron chi connectivity index (χ3n) is 1.20. The number of rotatable bonds is 4. The molecule has 0 radical (unpaired) electrons. The summed E-state index contributed by atoms with van der Waals surface area (Å²) in [7, 11) is 0. The van der Waals surface area contributed by atoms with Gasteiger partial charge in [-0.2, -0.15) is 0 Å². The molecule has 0 heterocycles. The summed E-state index contributed by atoms with van der Waals surface area (Å²) < 4.78 is 0. The molecule has 0 aliphatic rings. The molecule has 10 heavy (non-hydrogen) atoms. The molecule has 0 bridgehead atoms. The first-order valence-electron chi connectivity index (χ1n) is 2.89. The number of aliphatic hydroxyl groups is 2. The Balaban J connectivity index is 3.80. The van der Waals surface area contributed by atoms with Crippen molar-refractivity contribution in [2.45, 2.75) is 18.2 Å². The summed E-state index contributed by atoms with van der Waals surface area (Å²) >= 11 is 0. The Bertz CT molecular complexity index is 109. The zero-order valence-corrected chi connectivity index (χ0v) is 5.47. The van der Waals surface area contributed by atoms with Crippen LogP contribution in [0.15, 0.2) is 0 Å². The average molecular weight is 148 g/mol. The van der Waals surface area contributed by atoms with Crippen molar-refractivity contribution in [3.05, 3.63) is 0 Å². The Morgan fingerprint density at radius 2 is 2.00 bits per heavy atom. The smallest absolute Gasteiger partial charge is 0.139 e. The molecule has 0 aliphatic heterocycles. The average Bonchev–Trinajstić information content (AvgIpc) is 2.00. The van der Waals surface area contributed by atoms with Crippen LogP contribution < -0.4 is 11.5 Å². The monoisotopic (exact) mass is 148 g/mol. The highest BCUT2D eigenvalue weighted by Crippen LogP contribution is 1.91. The van der Waals surface area contributed by atoms with Crippen molar-refractivity contribution in [3.8, 4) is 0 Å². The lowest BCUT2D eigenvalue weighted by atomic mass is 10.1. The summed E-state index contributed by atoms with van der Waals surface area (Å²) in [6.07, 6.45) is -0.775. The number of carbonyl (C=O) groups excluding carboxylic acids is 1. The van der Waals surface area contributed by atoms with Crippen molar-refractivity contribution < 1.29 is 15.0 Å². The molecular formula is C5H12N2O3. The molecule has 5 nitrogen and oxygen atoms in total. The van der Waals surface area contributed by atoms with Gasteiger partial charge in [0.05, 0.1) is 24.8 Å². The van der Waals surface area contributed by atoms with Crippen LogP contribution in [0.4, 0.5) is 0 Å². The van der Waals surface area contributed by atoms with Crippen LogP contribution in [-0.4, -0.2) is 41.3 Å². The van der Waals surface area contributed by atoms with Crippen molar-refractivity contribution in [2.24, 2.45) is 11.5 Å². The van der Waals surface area contributed by atoms with Crippen LogP contribution in [0.1, 0.15) is 0 Å². The van der Waals surface area contributed by atoms with Crippen LogP contribution >= 0.6 is 0 Å². The van der Waals surface area contributed by atoms with Crippen LogP contribution in [-0.2, 0) is 4.79 Å². The van der Waals surface area contributed by atoms with Gasteiger partial charge in [0.15, 0.2) is 0 Å². The summed E-state index contributed by atoms with van der Waals surface area (Å²) in [5, 5.41) is 17.3. The molecule has 0 amide bonds. The van der Waals surface area contributed by atoms with E-state index in [1.165, 1.54) is 0 Å². The summed E-state index contributed by atoms with van der Waals surface area (Å²) in [5.74, 6) is 0. The Morgan fingerprint density at radius 1 is 1.50 bits per heavy atom. The maximum Gasteiger partial charge on any atom is 0.139 e. The van der Waals surface area contributed by atoms with Gasteiger partial charge in [0, 0.05) is 0 Å². The van der Waals surface area contributed by atoms with E-state index >= 15 is 0 Å². The SMILES string of the molecule is N[C@H](C=O)[C@@H](O)[C@@H](N)CO. The number of hydrogen-bond donors (Lipinski definition) is 4. The second-order valence-corrected chi connectivity index (χ2v) is 2.05. The molecule has 0 fully saturated rings. The van der Waals surface area contributed by atoms with Gasteiger partial charge in [0.2, 0.25) is 0 Å². The second-order valence-electron chi connectivity index (χ2n) is 2.05. The zero-order chi connectivity index (χ0) is 8.15. The highest BCUT2D eigenvalue weighted by Gasteiger charge is 2.20. The second kappa shape index (κ2) is 4.35. The Morgan fingerprint density at radius 3 is 2.30 bits per heavy atom. The first-order chi connectivity index (χ1) is 4.63. The predicted molar refractivity (Wildman–Crippen MR) is 35.1 cm³/mol. The molecule has 0 spiro atoms. The summed E-state index contributed by atoms with van der Waals surface area (Å²) in [5.41, 5.74) is 10.2. The van der Waals surface area contributed by atoms with Crippen LogP contribution in [0.3, 0.4) is 0 Å². The molecule has 6 N–H and O–H groups in total. The fraction of sp³-hybridized carbons (Fsp3) is 0.800. The van der Waals surface area contributed by atoms with Gasteiger partial charge >= 0.3 is 0 Å². The molecule has 60 valence electrons. The fourth-order valence-electron chi connectivity index (χ4n) is 0.474. The lowest BCUT2D eigenvalue weighted by molar-refractivity contribution is -0.111. The summed E-state index contributed by atoms with van der Waals surface area (Å²) in [6.45, 7) is -0.386. The Labute approximate surface area is 58.6 Å². The molecule has 0 aromatic heterocycles. The highest BCUT2D eigenvalue weighted by atomic mass is 16.3. The minimum Gasteiger partial charge on any atom is -0.395 e. The van der Waals surface area contributed by atoms with E-state index in [0.29, 0.717) is 6.29 Å². The first kappa shape index (κ1) is 9.51. The van der Waals surface area contributed by atoms with E-state index in [9.17, 15) is 4.79 Å². The van der Waals surface area contributed by atoms with Crippen molar-refractivity contribution in [1.82, 2.24) is 0 Å². The molecular weight excluding hydrogens is 136 g/mol. The lowest BCUT2D eigenvalue weighted by Gasteiger charge is -2.18. The quantitative estimate of drug-likeness (QED) is 0.322. The predicted octanol–water partition coefficient (Wildman–Crippen LogP) is -2.81. The lowest BCUT2D eigenvalue weighted by Crippen LogP contribution is -2.49. The number of nitrogens with two attached hydrogens (primary N) is 2. The largest absolute Gasteiger partial charge is 0.395 e. The van der Waals surface area contributed by atoms with Gasteiger partial charge in [0.1, 0.15) is 6.29 Å².